The van der Waals surface area contributed by atoms with E-state index in [4.69, 9.17) is 0 Å². The van der Waals surface area contributed by atoms with Crippen LogP contribution in [0.5, 0.6) is 0 Å². The van der Waals surface area contributed by atoms with E-state index in [1.807, 2.05) is 11.0 Å². The Morgan fingerprint density at radius 2 is 2.08 bits per heavy atom. The summed E-state index contributed by atoms with van der Waals surface area (Å²) in [6.45, 7) is 2.86. The highest BCUT2D eigenvalue weighted by Gasteiger charge is 2.30. The lowest BCUT2D eigenvalue weighted by molar-refractivity contribution is -0.134. The zero-order chi connectivity index (χ0) is 17.1. The van der Waals surface area contributed by atoms with Crippen molar-refractivity contribution in [3.8, 4) is 0 Å². The van der Waals surface area contributed by atoms with Crippen LogP contribution in [0.4, 0.5) is 0 Å². The number of benzene rings is 1. The Morgan fingerprint density at radius 3 is 2.83 bits per heavy atom. The van der Waals surface area contributed by atoms with Gasteiger partial charge in [-0.05, 0) is 47.9 Å². The Hall–Kier alpha value is -2.14. The third kappa shape index (κ3) is 3.22. The lowest BCUT2D eigenvalue weighted by Crippen LogP contribution is -2.39. The molecule has 0 spiro atoms. The molecule has 1 atom stereocenters. The SMILES string of the molecule is CCC1c2ccsc2CCN1C(=O)CCc1ccccc1C(=O)O. The van der Waals surface area contributed by atoms with E-state index < -0.39 is 5.97 Å². The molecule has 2 aromatic rings. The number of aryl methyl sites for hydroxylation is 1. The van der Waals surface area contributed by atoms with Gasteiger partial charge >= 0.3 is 5.97 Å². The topological polar surface area (TPSA) is 57.6 Å². The maximum absolute atomic E-state index is 12.7. The van der Waals surface area contributed by atoms with E-state index in [2.05, 4.69) is 18.4 Å². The van der Waals surface area contributed by atoms with Crippen LogP contribution >= 0.6 is 11.3 Å². The Bertz CT molecular complexity index is 753. The summed E-state index contributed by atoms with van der Waals surface area (Å²) < 4.78 is 0. The molecule has 1 aliphatic rings. The van der Waals surface area contributed by atoms with Gasteiger partial charge in [-0.1, -0.05) is 25.1 Å². The van der Waals surface area contributed by atoms with Gasteiger partial charge < -0.3 is 10.0 Å². The van der Waals surface area contributed by atoms with E-state index in [9.17, 15) is 14.7 Å². The van der Waals surface area contributed by atoms with Gasteiger partial charge in [-0.25, -0.2) is 4.79 Å². The second-order valence-corrected chi connectivity index (χ2v) is 7.02. The van der Waals surface area contributed by atoms with Crippen LogP contribution in [0.25, 0.3) is 0 Å². The van der Waals surface area contributed by atoms with E-state index in [0.717, 1.165) is 24.9 Å². The molecular weight excluding hydrogens is 322 g/mol. The van der Waals surface area contributed by atoms with Gasteiger partial charge in [0.25, 0.3) is 0 Å². The van der Waals surface area contributed by atoms with Gasteiger partial charge in [-0.15, -0.1) is 11.3 Å². The van der Waals surface area contributed by atoms with Crippen LogP contribution in [0.3, 0.4) is 0 Å². The molecule has 2 heterocycles. The highest BCUT2D eigenvalue weighted by Crippen LogP contribution is 2.35. The van der Waals surface area contributed by atoms with Crippen LogP contribution < -0.4 is 0 Å². The molecule has 24 heavy (non-hydrogen) atoms. The number of thiophene rings is 1. The first-order valence-electron chi connectivity index (χ1n) is 8.28. The summed E-state index contributed by atoms with van der Waals surface area (Å²) >= 11 is 1.77. The summed E-state index contributed by atoms with van der Waals surface area (Å²) in [6, 6.07) is 9.20. The molecule has 0 radical (unpaired) electrons. The summed E-state index contributed by atoms with van der Waals surface area (Å²) in [4.78, 5) is 27.4. The third-order valence-electron chi connectivity index (χ3n) is 4.66. The zero-order valence-corrected chi connectivity index (χ0v) is 14.5. The van der Waals surface area contributed by atoms with Crippen LogP contribution in [-0.4, -0.2) is 28.4 Å². The van der Waals surface area contributed by atoms with E-state index >= 15 is 0 Å². The average molecular weight is 343 g/mol. The largest absolute Gasteiger partial charge is 0.478 e. The first-order chi connectivity index (χ1) is 11.6. The number of aromatic carboxylic acids is 1. The normalized spacial score (nSPS) is 16.7. The standard InChI is InChI=1S/C19H21NO3S/c1-2-16-15-10-12-24-17(15)9-11-20(16)18(21)8-7-13-5-3-4-6-14(13)19(22)23/h3-6,10,12,16H,2,7-9,11H2,1H3,(H,22,23). The number of hydrogen-bond acceptors (Lipinski definition) is 3. The number of carboxylic acid groups (broad SMARTS) is 1. The van der Waals surface area contributed by atoms with Crippen molar-refractivity contribution < 1.29 is 14.7 Å². The number of amides is 1. The van der Waals surface area contributed by atoms with Crippen LogP contribution in [0.2, 0.25) is 0 Å². The molecule has 0 saturated carbocycles. The van der Waals surface area contributed by atoms with Gasteiger partial charge in [0, 0.05) is 17.8 Å². The molecule has 0 fully saturated rings. The number of carbonyl (C=O) groups excluding carboxylic acids is 1. The Labute approximate surface area is 145 Å². The van der Waals surface area contributed by atoms with Crippen molar-refractivity contribution in [3.05, 3.63) is 57.3 Å². The second-order valence-electron chi connectivity index (χ2n) is 6.02. The van der Waals surface area contributed by atoms with Crippen molar-refractivity contribution in [3.63, 3.8) is 0 Å². The minimum atomic E-state index is -0.939. The maximum Gasteiger partial charge on any atom is 0.335 e. The lowest BCUT2D eigenvalue weighted by atomic mass is 9.96. The Kier molecular flexibility index (Phi) is 5.00. The van der Waals surface area contributed by atoms with Crippen molar-refractivity contribution in [1.29, 1.82) is 0 Å². The van der Waals surface area contributed by atoms with E-state index in [0.29, 0.717) is 12.8 Å². The molecule has 1 amide bonds. The highest BCUT2D eigenvalue weighted by atomic mass is 32.1. The van der Waals surface area contributed by atoms with Crippen LogP contribution in [0.1, 0.15) is 52.2 Å². The van der Waals surface area contributed by atoms with Crippen molar-refractivity contribution in [2.45, 2.75) is 38.6 Å². The van der Waals surface area contributed by atoms with Crippen LogP contribution in [0.15, 0.2) is 35.7 Å². The molecule has 5 heteroatoms. The molecule has 4 nitrogen and oxygen atoms in total. The summed E-state index contributed by atoms with van der Waals surface area (Å²) in [6.07, 6.45) is 2.63. The molecule has 126 valence electrons. The summed E-state index contributed by atoms with van der Waals surface area (Å²) in [7, 11) is 0. The molecule has 0 saturated heterocycles. The van der Waals surface area contributed by atoms with E-state index in [-0.39, 0.29) is 17.5 Å². The third-order valence-corrected chi connectivity index (χ3v) is 5.65. The quantitative estimate of drug-likeness (QED) is 0.895. The Balaban J connectivity index is 1.71. The number of fused-ring (bicyclic) bond motifs is 1. The molecule has 0 aliphatic carbocycles. The molecule has 1 aromatic carbocycles. The molecule has 1 N–H and O–H groups in total. The molecular formula is C19H21NO3S. The molecule has 1 aliphatic heterocycles. The van der Waals surface area contributed by atoms with Gasteiger partial charge in [0.15, 0.2) is 0 Å². The summed E-state index contributed by atoms with van der Waals surface area (Å²) in [5, 5.41) is 11.4. The fraction of sp³-hybridized carbons (Fsp3) is 0.368. The van der Waals surface area contributed by atoms with E-state index in [1.165, 1.54) is 10.4 Å². The second kappa shape index (κ2) is 7.18. The van der Waals surface area contributed by atoms with Gasteiger partial charge in [-0.3, -0.25) is 4.79 Å². The smallest absolute Gasteiger partial charge is 0.335 e. The number of rotatable bonds is 5. The minimum Gasteiger partial charge on any atom is -0.478 e. The first kappa shape index (κ1) is 16.7. The maximum atomic E-state index is 12.7. The predicted octanol–water partition coefficient (Wildman–Crippen LogP) is 3.91. The van der Waals surface area contributed by atoms with Gasteiger partial charge in [-0.2, -0.15) is 0 Å². The predicted molar refractivity (Wildman–Crippen MR) is 94.5 cm³/mol. The van der Waals surface area contributed by atoms with Gasteiger partial charge in [0.2, 0.25) is 5.91 Å². The van der Waals surface area contributed by atoms with Crippen molar-refractivity contribution in [2.24, 2.45) is 0 Å². The zero-order valence-electron chi connectivity index (χ0n) is 13.7. The monoisotopic (exact) mass is 343 g/mol. The highest BCUT2D eigenvalue weighted by molar-refractivity contribution is 7.10. The fourth-order valence-electron chi connectivity index (χ4n) is 3.47. The fourth-order valence-corrected chi connectivity index (χ4v) is 4.40. The van der Waals surface area contributed by atoms with Crippen LogP contribution in [0, 0.1) is 0 Å². The van der Waals surface area contributed by atoms with Gasteiger partial charge in [0.1, 0.15) is 0 Å². The van der Waals surface area contributed by atoms with Crippen molar-refractivity contribution in [2.75, 3.05) is 6.54 Å². The number of carboxylic acids is 1. The summed E-state index contributed by atoms with van der Waals surface area (Å²) in [5.74, 6) is -0.829. The lowest BCUT2D eigenvalue weighted by Gasteiger charge is -2.35. The first-order valence-corrected chi connectivity index (χ1v) is 9.16. The molecule has 0 bridgehead atoms. The number of carbonyl (C=O) groups is 2. The van der Waals surface area contributed by atoms with Crippen molar-refractivity contribution >= 4 is 23.2 Å². The minimum absolute atomic E-state index is 0.110. The van der Waals surface area contributed by atoms with E-state index in [1.54, 1.807) is 29.5 Å². The van der Waals surface area contributed by atoms with Gasteiger partial charge in [0.05, 0.1) is 11.6 Å². The number of hydrogen-bond donors (Lipinski definition) is 1. The molecule has 3 rings (SSSR count). The van der Waals surface area contributed by atoms with Crippen molar-refractivity contribution in [1.82, 2.24) is 4.90 Å². The van der Waals surface area contributed by atoms with Crippen LogP contribution in [-0.2, 0) is 17.6 Å². The Morgan fingerprint density at radius 1 is 1.29 bits per heavy atom. The average Bonchev–Trinajstić information content (AvgIpc) is 3.07. The molecule has 1 aromatic heterocycles. The molecule has 1 unspecified atom stereocenters. The summed E-state index contributed by atoms with van der Waals surface area (Å²) in [5.41, 5.74) is 2.30. The number of nitrogens with zero attached hydrogens (tertiary/aromatic N) is 1.